The molecule has 0 atom stereocenters. The number of methoxy groups -OCH3 is 1. The first-order valence-electron chi connectivity index (χ1n) is 5.00. The molecule has 0 bridgehead atoms. The first kappa shape index (κ1) is 13.4. The molecule has 0 fully saturated rings. The van der Waals surface area contributed by atoms with Gasteiger partial charge in [0.15, 0.2) is 0 Å². The summed E-state index contributed by atoms with van der Waals surface area (Å²) in [5.74, 6) is 3.52. The number of terminal acetylenes is 1. The molecule has 0 spiro atoms. The number of carbonyl (C=O) groups is 1. The molecule has 1 aromatic carbocycles. The van der Waals surface area contributed by atoms with Crippen LogP contribution in [-0.4, -0.2) is 26.0 Å². The molecule has 1 rings (SSSR count). The normalized spacial score (nSPS) is 9.78. The Morgan fingerprint density at radius 1 is 1.67 bits per heavy atom. The van der Waals surface area contributed by atoms with E-state index in [1.54, 1.807) is 25.3 Å². The number of ether oxygens (including phenoxy) is 2. The second-order valence-electron chi connectivity index (χ2n) is 3.13. The van der Waals surface area contributed by atoms with Crippen LogP contribution >= 0.6 is 0 Å². The maximum absolute atomic E-state index is 10.5. The minimum absolute atomic E-state index is 0.135. The van der Waals surface area contributed by atoms with Crippen molar-refractivity contribution < 1.29 is 14.3 Å². The lowest BCUT2D eigenvalue weighted by molar-refractivity contribution is 0.249. The van der Waals surface area contributed by atoms with Gasteiger partial charge in [-0.1, -0.05) is 5.92 Å². The number of carbonyl (C=O) groups excluding carboxylic acids is 1. The Kier molecular flexibility index (Phi) is 5.06. The van der Waals surface area contributed by atoms with Gasteiger partial charge >= 0.3 is 6.03 Å². The summed E-state index contributed by atoms with van der Waals surface area (Å²) in [6.45, 7) is 0.135. The zero-order chi connectivity index (χ0) is 13.4. The number of hydrazone groups is 1. The Labute approximate surface area is 105 Å². The van der Waals surface area contributed by atoms with Crippen molar-refractivity contribution in [3.8, 4) is 23.8 Å². The molecule has 0 saturated heterocycles. The highest BCUT2D eigenvalue weighted by atomic mass is 16.5. The fraction of sp³-hybridized carbons (Fsp3) is 0.167. The van der Waals surface area contributed by atoms with Gasteiger partial charge in [-0.05, 0) is 18.2 Å². The van der Waals surface area contributed by atoms with Gasteiger partial charge in [-0.3, -0.25) is 0 Å². The van der Waals surface area contributed by atoms with Crippen molar-refractivity contribution in [2.45, 2.75) is 0 Å². The van der Waals surface area contributed by atoms with Crippen molar-refractivity contribution in [3.63, 3.8) is 0 Å². The third kappa shape index (κ3) is 4.06. The van der Waals surface area contributed by atoms with Crippen LogP contribution in [0, 0.1) is 12.3 Å². The van der Waals surface area contributed by atoms with Crippen molar-refractivity contribution in [2.75, 3.05) is 13.7 Å². The predicted octanol–water partition coefficient (Wildman–Crippen LogP) is 0.709. The van der Waals surface area contributed by atoms with Gasteiger partial charge in [0.05, 0.1) is 13.3 Å². The number of rotatable bonds is 5. The van der Waals surface area contributed by atoms with Crippen molar-refractivity contribution in [3.05, 3.63) is 23.8 Å². The molecule has 18 heavy (non-hydrogen) atoms. The van der Waals surface area contributed by atoms with Gasteiger partial charge < -0.3 is 15.2 Å². The van der Waals surface area contributed by atoms with E-state index in [9.17, 15) is 4.79 Å². The summed E-state index contributed by atoms with van der Waals surface area (Å²) < 4.78 is 10.4. The first-order chi connectivity index (χ1) is 8.67. The quantitative estimate of drug-likeness (QED) is 0.456. The second kappa shape index (κ2) is 6.81. The molecule has 3 N–H and O–H groups in total. The summed E-state index contributed by atoms with van der Waals surface area (Å²) >= 11 is 0. The Bertz CT molecular complexity index is 492. The summed E-state index contributed by atoms with van der Waals surface area (Å²) in [4.78, 5) is 10.5. The van der Waals surface area contributed by atoms with E-state index in [1.165, 1.54) is 6.21 Å². The lowest BCUT2D eigenvalue weighted by Gasteiger charge is -2.08. The molecule has 2 amide bonds. The van der Waals surface area contributed by atoms with Crippen LogP contribution in [0.15, 0.2) is 23.3 Å². The number of hydrogen-bond donors (Lipinski definition) is 2. The van der Waals surface area contributed by atoms with Crippen molar-refractivity contribution in [2.24, 2.45) is 10.8 Å². The Morgan fingerprint density at radius 3 is 3.06 bits per heavy atom. The van der Waals surface area contributed by atoms with Crippen LogP contribution < -0.4 is 20.6 Å². The van der Waals surface area contributed by atoms with E-state index < -0.39 is 6.03 Å². The Hall–Kier alpha value is -2.68. The highest BCUT2D eigenvalue weighted by Crippen LogP contribution is 2.22. The number of nitrogens with one attached hydrogen (secondary N) is 1. The average molecular weight is 247 g/mol. The zero-order valence-electron chi connectivity index (χ0n) is 9.84. The fourth-order valence-electron chi connectivity index (χ4n) is 1.17. The van der Waals surface area contributed by atoms with Crippen molar-refractivity contribution in [1.29, 1.82) is 0 Å². The number of nitrogens with two attached hydrogens (primary N) is 1. The van der Waals surface area contributed by atoms with Gasteiger partial charge in [0.25, 0.3) is 0 Å². The number of primary amides is 1. The third-order valence-electron chi connectivity index (χ3n) is 1.91. The minimum Gasteiger partial charge on any atom is -0.497 e. The maximum atomic E-state index is 10.5. The zero-order valence-corrected chi connectivity index (χ0v) is 9.84. The number of urea groups is 1. The number of nitrogens with zero attached hydrogens (tertiary/aromatic N) is 1. The number of hydrogen-bond acceptors (Lipinski definition) is 4. The molecular formula is C12H13N3O3. The fourth-order valence-corrected chi connectivity index (χ4v) is 1.17. The Morgan fingerprint density at radius 2 is 2.44 bits per heavy atom. The van der Waals surface area contributed by atoms with Crippen LogP contribution in [0.25, 0.3) is 0 Å². The Balaban J connectivity index is 2.92. The van der Waals surface area contributed by atoms with E-state index in [-0.39, 0.29) is 6.61 Å². The first-order valence-corrected chi connectivity index (χ1v) is 5.00. The van der Waals surface area contributed by atoms with Gasteiger partial charge in [0.1, 0.15) is 18.1 Å². The summed E-state index contributed by atoms with van der Waals surface area (Å²) in [5.41, 5.74) is 7.58. The lowest BCUT2D eigenvalue weighted by atomic mass is 10.2. The third-order valence-corrected chi connectivity index (χ3v) is 1.91. The number of benzene rings is 1. The summed E-state index contributed by atoms with van der Waals surface area (Å²) in [7, 11) is 1.54. The largest absolute Gasteiger partial charge is 0.497 e. The van der Waals surface area contributed by atoms with Crippen LogP contribution in [0.1, 0.15) is 5.56 Å². The standard InChI is InChI=1S/C12H13N3O3/c1-3-6-18-11-5-4-10(17-2)7-9(11)8-14-15-12(13)16/h1,4-5,7-8H,6H2,2H3,(H3,13,15,16)/b14-8-. The molecule has 94 valence electrons. The van der Waals surface area contributed by atoms with Crippen molar-refractivity contribution in [1.82, 2.24) is 5.43 Å². The van der Waals surface area contributed by atoms with Crippen LogP contribution in [0.2, 0.25) is 0 Å². The molecule has 6 nitrogen and oxygen atoms in total. The monoisotopic (exact) mass is 247 g/mol. The number of amides is 2. The molecule has 6 heteroatoms. The van der Waals surface area contributed by atoms with Gasteiger partial charge in [-0.25, -0.2) is 10.2 Å². The van der Waals surface area contributed by atoms with Crippen LogP contribution in [0.4, 0.5) is 4.79 Å². The van der Waals surface area contributed by atoms with Gasteiger partial charge in [-0.15, -0.1) is 6.42 Å². The highest BCUT2D eigenvalue weighted by molar-refractivity contribution is 5.85. The van der Waals surface area contributed by atoms with Crippen LogP contribution in [0.5, 0.6) is 11.5 Å². The van der Waals surface area contributed by atoms with Gasteiger partial charge in [0.2, 0.25) is 0 Å². The molecular weight excluding hydrogens is 234 g/mol. The molecule has 1 aromatic rings. The summed E-state index contributed by atoms with van der Waals surface area (Å²) in [6, 6.07) is 4.37. The lowest BCUT2D eigenvalue weighted by Crippen LogP contribution is -2.24. The van der Waals surface area contributed by atoms with Crippen LogP contribution in [-0.2, 0) is 0 Å². The minimum atomic E-state index is -0.750. The molecule has 0 aliphatic carbocycles. The smallest absolute Gasteiger partial charge is 0.332 e. The molecule has 0 aromatic heterocycles. The topological polar surface area (TPSA) is 85.9 Å². The van der Waals surface area contributed by atoms with Gasteiger partial charge in [0, 0.05) is 5.56 Å². The molecule has 0 radical (unpaired) electrons. The SMILES string of the molecule is C#CCOc1ccc(OC)cc1/C=N\NC(N)=O. The van der Waals surface area contributed by atoms with Crippen molar-refractivity contribution >= 4 is 12.2 Å². The van der Waals surface area contributed by atoms with E-state index in [0.717, 1.165) is 0 Å². The molecule has 0 heterocycles. The van der Waals surface area contributed by atoms with E-state index in [1.807, 2.05) is 0 Å². The predicted molar refractivity (Wildman–Crippen MR) is 67.6 cm³/mol. The van der Waals surface area contributed by atoms with E-state index >= 15 is 0 Å². The summed E-state index contributed by atoms with van der Waals surface area (Å²) in [5, 5.41) is 3.65. The second-order valence-corrected chi connectivity index (χ2v) is 3.13. The molecule has 0 unspecified atom stereocenters. The summed E-state index contributed by atoms with van der Waals surface area (Å²) in [6.07, 6.45) is 6.50. The van der Waals surface area contributed by atoms with E-state index in [4.69, 9.17) is 21.6 Å². The average Bonchev–Trinajstić information content (AvgIpc) is 2.36. The maximum Gasteiger partial charge on any atom is 0.332 e. The molecule has 0 saturated carbocycles. The van der Waals surface area contributed by atoms with Crippen LogP contribution in [0.3, 0.4) is 0 Å². The highest BCUT2D eigenvalue weighted by Gasteiger charge is 2.03. The van der Waals surface area contributed by atoms with E-state index in [0.29, 0.717) is 17.1 Å². The molecule has 0 aliphatic rings. The molecule has 0 aliphatic heterocycles. The van der Waals surface area contributed by atoms with Gasteiger partial charge in [-0.2, -0.15) is 5.10 Å². The van der Waals surface area contributed by atoms with E-state index in [2.05, 4.69) is 16.4 Å².